The predicted molar refractivity (Wildman–Crippen MR) is 78.3 cm³/mol. The maximum absolute atomic E-state index is 11.3. The molecule has 2 heterocycles. The highest BCUT2D eigenvalue weighted by molar-refractivity contribution is 5.96. The molecule has 0 aliphatic carbocycles. The minimum atomic E-state index is -0.677. The second kappa shape index (κ2) is 4.78. The summed E-state index contributed by atoms with van der Waals surface area (Å²) >= 11 is 0. The number of nitrogens with zero attached hydrogens (tertiary/aromatic N) is 3. The van der Waals surface area contributed by atoms with E-state index in [2.05, 4.69) is 10.1 Å². The lowest BCUT2D eigenvalue weighted by Crippen LogP contribution is -2.14. The first-order valence-electron chi connectivity index (χ1n) is 6.18. The summed E-state index contributed by atoms with van der Waals surface area (Å²) < 4.78 is 6.67. The van der Waals surface area contributed by atoms with Crippen LogP contribution in [-0.2, 0) is 0 Å². The number of primary amides is 1. The lowest BCUT2D eigenvalue weighted by atomic mass is 10.1. The molecule has 0 radical (unpaired) electrons. The highest BCUT2D eigenvalue weighted by Crippen LogP contribution is 2.25. The van der Waals surface area contributed by atoms with Crippen molar-refractivity contribution < 1.29 is 9.53 Å². The van der Waals surface area contributed by atoms with Crippen LogP contribution >= 0.6 is 0 Å². The molecule has 3 rings (SSSR count). The molecule has 2 aromatic heterocycles. The van der Waals surface area contributed by atoms with Gasteiger partial charge in [0.05, 0.1) is 19.0 Å². The molecular formula is C14H13N5O2. The number of amides is 1. The summed E-state index contributed by atoms with van der Waals surface area (Å²) in [6, 6.07) is 7.50. The van der Waals surface area contributed by atoms with Crippen molar-refractivity contribution in [2.75, 3.05) is 12.8 Å². The molecule has 4 N–H and O–H groups in total. The second-order valence-corrected chi connectivity index (χ2v) is 4.46. The topological polar surface area (TPSA) is 109 Å². The van der Waals surface area contributed by atoms with Crippen molar-refractivity contribution in [3.63, 3.8) is 0 Å². The van der Waals surface area contributed by atoms with E-state index in [0.717, 1.165) is 10.8 Å². The quantitative estimate of drug-likeness (QED) is 0.748. The molecule has 7 nitrogen and oxygen atoms in total. The molecule has 0 spiro atoms. The molecule has 0 atom stereocenters. The number of carbonyl (C=O) groups excluding carboxylic acids is 1. The summed E-state index contributed by atoms with van der Waals surface area (Å²) in [7, 11) is 1.59. The van der Waals surface area contributed by atoms with Crippen LogP contribution in [0.3, 0.4) is 0 Å². The third-order valence-electron chi connectivity index (χ3n) is 3.15. The molecule has 0 fully saturated rings. The molecule has 0 unspecified atom stereocenters. The number of hydrogen-bond acceptors (Lipinski definition) is 5. The van der Waals surface area contributed by atoms with Crippen LogP contribution in [0, 0.1) is 0 Å². The molecule has 0 saturated heterocycles. The van der Waals surface area contributed by atoms with Crippen LogP contribution in [0.1, 0.15) is 10.5 Å². The minimum absolute atomic E-state index is 0.0247. The van der Waals surface area contributed by atoms with Gasteiger partial charge in [0, 0.05) is 11.6 Å². The first-order chi connectivity index (χ1) is 10.1. The van der Waals surface area contributed by atoms with Gasteiger partial charge in [-0.15, -0.1) is 0 Å². The lowest BCUT2D eigenvalue weighted by Gasteiger charge is -2.07. The largest absolute Gasteiger partial charge is 0.497 e. The molecule has 1 aromatic carbocycles. The number of carbonyl (C=O) groups is 1. The van der Waals surface area contributed by atoms with Gasteiger partial charge in [-0.3, -0.25) is 4.79 Å². The highest BCUT2D eigenvalue weighted by Gasteiger charge is 2.14. The van der Waals surface area contributed by atoms with E-state index in [1.807, 2.05) is 24.3 Å². The van der Waals surface area contributed by atoms with Crippen molar-refractivity contribution in [1.82, 2.24) is 14.8 Å². The van der Waals surface area contributed by atoms with E-state index in [-0.39, 0.29) is 11.4 Å². The summed E-state index contributed by atoms with van der Waals surface area (Å²) in [5.74, 6) is 0.571. The highest BCUT2D eigenvalue weighted by atomic mass is 16.5. The maximum Gasteiger partial charge on any atom is 0.271 e. The molecule has 106 valence electrons. The van der Waals surface area contributed by atoms with Crippen LogP contribution in [0.15, 0.2) is 36.7 Å². The summed E-state index contributed by atoms with van der Waals surface area (Å²) in [6.45, 7) is 0. The fraction of sp³-hybridized carbons (Fsp3) is 0.0714. The van der Waals surface area contributed by atoms with E-state index in [1.54, 1.807) is 13.3 Å². The average molecular weight is 283 g/mol. The standard InChI is InChI=1S/C14H13N5O2/c1-21-9-3-2-8-4-5-17-14(10(8)6-9)19-7-11(15)12(18-19)13(16)20/h2-7H,15H2,1H3,(H2,16,20). The van der Waals surface area contributed by atoms with Gasteiger partial charge in [-0.2, -0.15) is 5.10 Å². The number of fused-ring (bicyclic) bond motifs is 1. The Morgan fingerprint density at radius 1 is 1.33 bits per heavy atom. The number of pyridine rings is 1. The molecule has 0 bridgehead atoms. The molecule has 1 amide bonds. The van der Waals surface area contributed by atoms with Gasteiger partial charge in [0.15, 0.2) is 11.5 Å². The van der Waals surface area contributed by atoms with E-state index in [0.29, 0.717) is 11.6 Å². The number of anilines is 1. The number of nitrogen functional groups attached to an aromatic ring is 1. The van der Waals surface area contributed by atoms with Gasteiger partial charge in [-0.05, 0) is 23.6 Å². The summed E-state index contributed by atoms with van der Waals surface area (Å²) in [4.78, 5) is 15.6. The monoisotopic (exact) mass is 283 g/mol. The third-order valence-corrected chi connectivity index (χ3v) is 3.15. The zero-order valence-electron chi connectivity index (χ0n) is 11.3. The number of methoxy groups -OCH3 is 1. The van der Waals surface area contributed by atoms with Gasteiger partial charge in [-0.1, -0.05) is 6.07 Å². The Morgan fingerprint density at radius 3 is 2.81 bits per heavy atom. The SMILES string of the molecule is COc1ccc2ccnc(-n3cc(N)c(C(N)=O)n3)c2c1. The van der Waals surface area contributed by atoms with Crippen LogP contribution in [0.2, 0.25) is 0 Å². The smallest absolute Gasteiger partial charge is 0.271 e. The van der Waals surface area contributed by atoms with Gasteiger partial charge < -0.3 is 16.2 Å². The lowest BCUT2D eigenvalue weighted by molar-refractivity contribution is 0.0996. The summed E-state index contributed by atoms with van der Waals surface area (Å²) in [5, 5.41) is 5.90. The fourth-order valence-corrected chi connectivity index (χ4v) is 2.13. The number of hydrogen-bond donors (Lipinski definition) is 2. The van der Waals surface area contributed by atoms with E-state index >= 15 is 0 Å². The van der Waals surface area contributed by atoms with Gasteiger partial charge in [0.1, 0.15) is 5.75 Å². The summed E-state index contributed by atoms with van der Waals surface area (Å²) in [6.07, 6.45) is 3.17. The van der Waals surface area contributed by atoms with Gasteiger partial charge >= 0.3 is 0 Å². The van der Waals surface area contributed by atoms with E-state index < -0.39 is 5.91 Å². The number of benzene rings is 1. The van der Waals surface area contributed by atoms with Crippen LogP contribution < -0.4 is 16.2 Å². The third kappa shape index (κ3) is 2.14. The Kier molecular flexibility index (Phi) is 2.94. The Labute approximate surface area is 120 Å². The molecule has 0 aliphatic rings. The maximum atomic E-state index is 11.3. The van der Waals surface area contributed by atoms with Crippen molar-refractivity contribution >= 4 is 22.4 Å². The number of nitrogens with two attached hydrogens (primary N) is 2. The van der Waals surface area contributed by atoms with Crippen molar-refractivity contribution in [3.05, 3.63) is 42.4 Å². The second-order valence-electron chi connectivity index (χ2n) is 4.46. The van der Waals surface area contributed by atoms with Gasteiger partial charge in [0.25, 0.3) is 5.91 Å². The molecule has 0 aliphatic heterocycles. The zero-order chi connectivity index (χ0) is 15.0. The van der Waals surface area contributed by atoms with E-state index in [1.165, 1.54) is 10.9 Å². The fourth-order valence-electron chi connectivity index (χ4n) is 2.13. The van der Waals surface area contributed by atoms with Crippen molar-refractivity contribution in [2.24, 2.45) is 5.73 Å². The number of rotatable bonds is 3. The van der Waals surface area contributed by atoms with Gasteiger partial charge in [0.2, 0.25) is 0 Å². The molecule has 0 saturated carbocycles. The first-order valence-corrected chi connectivity index (χ1v) is 6.18. The molecular weight excluding hydrogens is 270 g/mol. The van der Waals surface area contributed by atoms with Crippen LogP contribution in [-0.4, -0.2) is 27.8 Å². The average Bonchev–Trinajstić information content (AvgIpc) is 2.88. The normalized spacial score (nSPS) is 10.7. The van der Waals surface area contributed by atoms with Gasteiger partial charge in [-0.25, -0.2) is 9.67 Å². The first kappa shape index (κ1) is 12.9. The van der Waals surface area contributed by atoms with Crippen LogP contribution in [0.5, 0.6) is 5.75 Å². The molecule has 3 aromatic rings. The van der Waals surface area contributed by atoms with E-state index in [4.69, 9.17) is 16.2 Å². The number of ether oxygens (including phenoxy) is 1. The van der Waals surface area contributed by atoms with Crippen molar-refractivity contribution in [3.8, 4) is 11.6 Å². The Bertz CT molecular complexity index is 840. The molecule has 21 heavy (non-hydrogen) atoms. The van der Waals surface area contributed by atoms with Crippen LogP contribution in [0.4, 0.5) is 5.69 Å². The Morgan fingerprint density at radius 2 is 2.14 bits per heavy atom. The zero-order valence-corrected chi connectivity index (χ0v) is 11.3. The van der Waals surface area contributed by atoms with Crippen LogP contribution in [0.25, 0.3) is 16.6 Å². The van der Waals surface area contributed by atoms with Crippen molar-refractivity contribution in [2.45, 2.75) is 0 Å². The molecule has 7 heteroatoms. The summed E-state index contributed by atoms with van der Waals surface area (Å²) in [5.41, 5.74) is 11.2. The Balaban J connectivity index is 2.24. The Hall–Kier alpha value is -3.09. The number of aromatic nitrogens is 3. The predicted octanol–water partition coefficient (Wildman–Crippen LogP) is 1.11. The van der Waals surface area contributed by atoms with E-state index in [9.17, 15) is 4.79 Å². The van der Waals surface area contributed by atoms with Crippen molar-refractivity contribution in [1.29, 1.82) is 0 Å². The minimum Gasteiger partial charge on any atom is -0.497 e.